The van der Waals surface area contributed by atoms with Crippen LogP contribution in [-0.4, -0.2) is 37.6 Å². The van der Waals surface area contributed by atoms with E-state index in [0.717, 1.165) is 17.9 Å². The molecule has 114 valence electrons. The lowest BCUT2D eigenvalue weighted by Gasteiger charge is -2.35. The summed E-state index contributed by atoms with van der Waals surface area (Å²) >= 11 is 0. The van der Waals surface area contributed by atoms with Crippen molar-refractivity contribution in [2.24, 2.45) is 11.8 Å². The Bertz CT molecular complexity index is 215. The van der Waals surface area contributed by atoms with E-state index in [1.165, 1.54) is 51.5 Å². The zero-order chi connectivity index (χ0) is 14.3. The van der Waals surface area contributed by atoms with Crippen LogP contribution >= 0.6 is 0 Å². The Morgan fingerprint density at radius 1 is 1.00 bits per heavy atom. The van der Waals surface area contributed by atoms with E-state index >= 15 is 0 Å². The van der Waals surface area contributed by atoms with Crippen LogP contribution in [-0.2, 0) is 0 Å². The molecule has 1 aliphatic rings. The van der Waals surface area contributed by atoms with Crippen LogP contribution < -0.4 is 5.32 Å². The minimum Gasteiger partial charge on any atom is -0.312 e. The van der Waals surface area contributed by atoms with Gasteiger partial charge in [0.1, 0.15) is 0 Å². The first-order chi connectivity index (χ1) is 9.12. The summed E-state index contributed by atoms with van der Waals surface area (Å²) in [6, 6.07) is 1.47. The van der Waals surface area contributed by atoms with Gasteiger partial charge in [0, 0.05) is 18.6 Å². The van der Waals surface area contributed by atoms with E-state index in [-0.39, 0.29) is 0 Å². The SMILES string of the molecule is CCC1CCC(NCC(C(CC)CC)N(C)C)CC1. The Hall–Kier alpha value is -0.0800. The number of likely N-dealkylation sites (N-methyl/N-ethyl adjacent to an activating group) is 1. The molecule has 1 N–H and O–H groups in total. The summed E-state index contributed by atoms with van der Waals surface area (Å²) in [6.07, 6.45) is 9.62. The van der Waals surface area contributed by atoms with Crippen LogP contribution in [0.5, 0.6) is 0 Å². The molecule has 0 amide bonds. The molecule has 0 aliphatic heterocycles. The predicted molar refractivity (Wildman–Crippen MR) is 85.6 cm³/mol. The van der Waals surface area contributed by atoms with E-state index in [4.69, 9.17) is 0 Å². The lowest BCUT2D eigenvalue weighted by atomic mass is 9.84. The van der Waals surface area contributed by atoms with Gasteiger partial charge in [0.15, 0.2) is 0 Å². The van der Waals surface area contributed by atoms with Gasteiger partial charge in [0.05, 0.1) is 0 Å². The van der Waals surface area contributed by atoms with E-state index in [9.17, 15) is 0 Å². The molecule has 1 fully saturated rings. The second kappa shape index (κ2) is 8.97. The van der Waals surface area contributed by atoms with Crippen LogP contribution in [0.4, 0.5) is 0 Å². The summed E-state index contributed by atoms with van der Waals surface area (Å²) in [5, 5.41) is 3.86. The lowest BCUT2D eigenvalue weighted by molar-refractivity contribution is 0.180. The van der Waals surface area contributed by atoms with Crippen LogP contribution in [0.3, 0.4) is 0 Å². The molecule has 2 heteroatoms. The molecule has 0 aromatic rings. The highest BCUT2D eigenvalue weighted by Crippen LogP contribution is 2.26. The summed E-state index contributed by atoms with van der Waals surface area (Å²) in [5.74, 6) is 1.83. The number of rotatable bonds is 8. The van der Waals surface area contributed by atoms with Gasteiger partial charge in [0.25, 0.3) is 0 Å². The van der Waals surface area contributed by atoms with Crippen molar-refractivity contribution in [2.45, 2.75) is 77.8 Å². The van der Waals surface area contributed by atoms with E-state index in [0.29, 0.717) is 6.04 Å². The Kier molecular flexibility index (Phi) is 8.01. The molecule has 0 heterocycles. The third-order valence-electron chi connectivity index (χ3n) is 5.30. The Morgan fingerprint density at radius 2 is 1.58 bits per heavy atom. The van der Waals surface area contributed by atoms with Crippen molar-refractivity contribution in [3.05, 3.63) is 0 Å². The van der Waals surface area contributed by atoms with Gasteiger partial charge in [-0.1, -0.05) is 40.0 Å². The zero-order valence-electron chi connectivity index (χ0n) is 13.9. The summed E-state index contributed by atoms with van der Waals surface area (Å²) in [6.45, 7) is 8.17. The average Bonchev–Trinajstić information content (AvgIpc) is 2.43. The second-order valence-electron chi connectivity index (χ2n) is 6.64. The zero-order valence-corrected chi connectivity index (χ0v) is 13.9. The van der Waals surface area contributed by atoms with Crippen LogP contribution in [0.15, 0.2) is 0 Å². The van der Waals surface area contributed by atoms with Gasteiger partial charge in [-0.3, -0.25) is 0 Å². The summed E-state index contributed by atoms with van der Waals surface area (Å²) < 4.78 is 0. The molecule has 0 bridgehead atoms. The molecule has 2 nitrogen and oxygen atoms in total. The fourth-order valence-electron chi connectivity index (χ4n) is 3.67. The highest BCUT2D eigenvalue weighted by Gasteiger charge is 2.24. The molecule has 0 spiro atoms. The number of hydrogen-bond acceptors (Lipinski definition) is 2. The Labute approximate surface area is 121 Å². The molecule has 0 aromatic heterocycles. The first-order valence-corrected chi connectivity index (χ1v) is 8.52. The van der Waals surface area contributed by atoms with Gasteiger partial charge in [-0.25, -0.2) is 0 Å². The molecular formula is C17H36N2. The third-order valence-corrected chi connectivity index (χ3v) is 5.30. The van der Waals surface area contributed by atoms with Crippen molar-refractivity contribution in [2.75, 3.05) is 20.6 Å². The standard InChI is InChI=1S/C17H36N2/c1-6-14-9-11-16(12-10-14)18-13-17(19(4)5)15(7-2)8-3/h14-18H,6-13H2,1-5H3. The molecule has 0 saturated heterocycles. The average molecular weight is 268 g/mol. The molecule has 1 rings (SSSR count). The Morgan fingerprint density at radius 3 is 2.00 bits per heavy atom. The molecule has 1 atom stereocenters. The van der Waals surface area contributed by atoms with Crippen molar-refractivity contribution in [3.8, 4) is 0 Å². The van der Waals surface area contributed by atoms with Gasteiger partial charge in [-0.15, -0.1) is 0 Å². The van der Waals surface area contributed by atoms with Gasteiger partial charge >= 0.3 is 0 Å². The van der Waals surface area contributed by atoms with Crippen LogP contribution in [0.25, 0.3) is 0 Å². The summed E-state index contributed by atoms with van der Waals surface area (Å²) in [4.78, 5) is 2.42. The highest BCUT2D eigenvalue weighted by atomic mass is 15.1. The van der Waals surface area contributed by atoms with Crippen molar-refractivity contribution in [3.63, 3.8) is 0 Å². The van der Waals surface area contributed by atoms with Crippen molar-refractivity contribution in [1.29, 1.82) is 0 Å². The third kappa shape index (κ3) is 5.43. The van der Waals surface area contributed by atoms with Gasteiger partial charge < -0.3 is 10.2 Å². The highest BCUT2D eigenvalue weighted by molar-refractivity contribution is 4.82. The maximum atomic E-state index is 3.86. The van der Waals surface area contributed by atoms with Crippen LogP contribution in [0.1, 0.15) is 65.7 Å². The van der Waals surface area contributed by atoms with Gasteiger partial charge in [-0.05, 0) is 51.6 Å². The van der Waals surface area contributed by atoms with Gasteiger partial charge in [0.2, 0.25) is 0 Å². The topological polar surface area (TPSA) is 15.3 Å². The largest absolute Gasteiger partial charge is 0.312 e. The van der Waals surface area contributed by atoms with E-state index in [1.807, 2.05) is 0 Å². The minimum atomic E-state index is 0.693. The lowest BCUT2D eigenvalue weighted by Crippen LogP contribution is -2.46. The van der Waals surface area contributed by atoms with Crippen LogP contribution in [0.2, 0.25) is 0 Å². The number of nitrogens with one attached hydrogen (secondary N) is 1. The first-order valence-electron chi connectivity index (χ1n) is 8.52. The predicted octanol–water partition coefficient (Wildman–Crippen LogP) is 3.91. The van der Waals surface area contributed by atoms with E-state index in [2.05, 4.69) is 45.1 Å². The van der Waals surface area contributed by atoms with Crippen molar-refractivity contribution in [1.82, 2.24) is 10.2 Å². The van der Waals surface area contributed by atoms with Crippen LogP contribution in [0, 0.1) is 11.8 Å². The normalized spacial score (nSPS) is 26.1. The van der Waals surface area contributed by atoms with Crippen molar-refractivity contribution >= 4 is 0 Å². The van der Waals surface area contributed by atoms with E-state index < -0.39 is 0 Å². The van der Waals surface area contributed by atoms with Crippen molar-refractivity contribution < 1.29 is 0 Å². The number of hydrogen-bond donors (Lipinski definition) is 1. The molecule has 0 radical (unpaired) electrons. The van der Waals surface area contributed by atoms with Gasteiger partial charge in [-0.2, -0.15) is 0 Å². The molecule has 0 aromatic carbocycles. The maximum Gasteiger partial charge on any atom is 0.0242 e. The molecule has 19 heavy (non-hydrogen) atoms. The molecule has 1 unspecified atom stereocenters. The molecule has 1 aliphatic carbocycles. The number of nitrogens with zero attached hydrogens (tertiary/aromatic N) is 1. The van der Waals surface area contributed by atoms with E-state index in [1.54, 1.807) is 0 Å². The maximum absolute atomic E-state index is 3.86. The summed E-state index contributed by atoms with van der Waals surface area (Å²) in [7, 11) is 4.47. The monoisotopic (exact) mass is 268 g/mol. The molecular weight excluding hydrogens is 232 g/mol. The Balaban J connectivity index is 2.36. The first kappa shape index (κ1) is 17.0. The molecule has 1 saturated carbocycles. The second-order valence-corrected chi connectivity index (χ2v) is 6.64. The smallest absolute Gasteiger partial charge is 0.0242 e. The fourth-order valence-corrected chi connectivity index (χ4v) is 3.67. The fraction of sp³-hybridized carbons (Fsp3) is 1.00. The summed E-state index contributed by atoms with van der Waals surface area (Å²) in [5.41, 5.74) is 0. The minimum absolute atomic E-state index is 0.693. The quantitative estimate of drug-likeness (QED) is 0.718.